The fourth-order valence-electron chi connectivity index (χ4n) is 9.85. The molecule has 0 aromatic heterocycles. The molecule has 6 nitrogen and oxygen atoms in total. The number of ether oxygens (including phenoxy) is 3. The van der Waals surface area contributed by atoms with Crippen molar-refractivity contribution in [3.63, 3.8) is 0 Å². The highest BCUT2D eigenvalue weighted by Gasteiger charge is 2.19. The molecular formula is C75H130O6. The van der Waals surface area contributed by atoms with Gasteiger partial charge < -0.3 is 14.2 Å². The predicted octanol–water partition coefficient (Wildman–Crippen LogP) is 24.0. The maximum absolute atomic E-state index is 13.0. The summed E-state index contributed by atoms with van der Waals surface area (Å²) in [5.74, 6) is -0.892. The second kappa shape index (κ2) is 68.8. The van der Waals surface area contributed by atoms with E-state index in [9.17, 15) is 14.4 Å². The van der Waals surface area contributed by atoms with E-state index in [1.54, 1.807) is 0 Å². The average molecular weight is 1130 g/mol. The summed E-state index contributed by atoms with van der Waals surface area (Å²) in [6, 6.07) is 0. The van der Waals surface area contributed by atoms with Crippen LogP contribution in [0.2, 0.25) is 0 Å². The fraction of sp³-hybridized carbons (Fsp3) is 0.747. The van der Waals surface area contributed by atoms with Crippen LogP contribution >= 0.6 is 0 Å². The molecule has 0 saturated heterocycles. The number of hydrogen-bond donors (Lipinski definition) is 0. The molecule has 0 aliphatic rings. The molecule has 0 aromatic rings. The van der Waals surface area contributed by atoms with Gasteiger partial charge >= 0.3 is 17.9 Å². The van der Waals surface area contributed by atoms with Crippen LogP contribution in [0.5, 0.6) is 0 Å². The molecule has 0 aliphatic heterocycles. The highest BCUT2D eigenvalue weighted by Crippen LogP contribution is 2.17. The van der Waals surface area contributed by atoms with Crippen LogP contribution in [0.3, 0.4) is 0 Å². The fourth-order valence-corrected chi connectivity index (χ4v) is 9.85. The smallest absolute Gasteiger partial charge is 0.306 e. The first-order valence-corrected chi connectivity index (χ1v) is 34.7. The normalized spacial score (nSPS) is 12.7. The van der Waals surface area contributed by atoms with Crippen molar-refractivity contribution in [2.45, 2.75) is 348 Å². The molecule has 1 atom stereocenters. The Bertz CT molecular complexity index is 1580. The Hall–Kier alpha value is -3.67. The highest BCUT2D eigenvalue weighted by molar-refractivity contribution is 5.71. The summed E-state index contributed by atoms with van der Waals surface area (Å²) in [5.41, 5.74) is 0. The Morgan fingerprint density at radius 2 is 0.481 bits per heavy atom. The molecule has 0 fully saturated rings. The molecule has 466 valence electrons. The molecule has 0 radical (unpaired) electrons. The minimum absolute atomic E-state index is 0.0844. The summed E-state index contributed by atoms with van der Waals surface area (Å²) in [7, 11) is 0. The zero-order valence-corrected chi connectivity index (χ0v) is 53.5. The summed E-state index contributed by atoms with van der Waals surface area (Å²) >= 11 is 0. The number of carbonyl (C=O) groups excluding carboxylic acids is 3. The maximum atomic E-state index is 13.0. The molecule has 81 heavy (non-hydrogen) atoms. The summed E-state index contributed by atoms with van der Waals surface area (Å²) in [5, 5.41) is 0. The van der Waals surface area contributed by atoms with Gasteiger partial charge in [0.2, 0.25) is 0 Å². The lowest BCUT2D eigenvalue weighted by atomic mass is 10.0. The number of allylic oxidation sites excluding steroid dienone is 16. The van der Waals surface area contributed by atoms with Crippen LogP contribution in [0.4, 0.5) is 0 Å². The van der Waals surface area contributed by atoms with E-state index in [1.807, 2.05) is 0 Å². The van der Waals surface area contributed by atoms with Crippen molar-refractivity contribution in [2.75, 3.05) is 13.2 Å². The van der Waals surface area contributed by atoms with Crippen molar-refractivity contribution in [3.05, 3.63) is 97.2 Å². The first kappa shape index (κ1) is 77.3. The molecule has 0 heterocycles. The molecule has 1 unspecified atom stereocenters. The van der Waals surface area contributed by atoms with Crippen molar-refractivity contribution in [3.8, 4) is 0 Å². The summed E-state index contributed by atoms with van der Waals surface area (Å²) < 4.78 is 17.0. The Balaban J connectivity index is 4.40. The SMILES string of the molecule is CC/C=C\C/C=C\C/C=C\C/C=C\CCCCCCCCCCC(=O)OC(COC(=O)CCCCCCCC/C=C\C/C=C\C/C=C\CCCCC)COC(=O)CCCCCCCCCCCCC/C=C\CCCCCCCCCC. The molecule has 0 N–H and O–H groups in total. The van der Waals surface area contributed by atoms with E-state index in [2.05, 4.69) is 118 Å². The minimum Gasteiger partial charge on any atom is -0.462 e. The van der Waals surface area contributed by atoms with Crippen molar-refractivity contribution in [2.24, 2.45) is 0 Å². The van der Waals surface area contributed by atoms with Crippen molar-refractivity contribution in [1.29, 1.82) is 0 Å². The molecule has 6 heteroatoms. The van der Waals surface area contributed by atoms with Gasteiger partial charge in [-0.25, -0.2) is 0 Å². The van der Waals surface area contributed by atoms with Crippen LogP contribution in [0.25, 0.3) is 0 Å². The van der Waals surface area contributed by atoms with Crippen molar-refractivity contribution in [1.82, 2.24) is 0 Å². The minimum atomic E-state index is -0.791. The number of rotatable bonds is 63. The lowest BCUT2D eigenvalue weighted by Gasteiger charge is -2.18. The largest absolute Gasteiger partial charge is 0.462 e. The Labute approximate surface area is 502 Å². The number of esters is 3. The number of carbonyl (C=O) groups is 3. The van der Waals surface area contributed by atoms with Crippen LogP contribution in [0.15, 0.2) is 97.2 Å². The van der Waals surface area contributed by atoms with Crippen molar-refractivity contribution < 1.29 is 28.6 Å². The van der Waals surface area contributed by atoms with Gasteiger partial charge in [0.05, 0.1) is 0 Å². The lowest BCUT2D eigenvalue weighted by Crippen LogP contribution is -2.30. The molecule has 0 rings (SSSR count). The predicted molar refractivity (Wildman–Crippen MR) is 353 cm³/mol. The topological polar surface area (TPSA) is 78.9 Å². The molecule has 0 bridgehead atoms. The van der Waals surface area contributed by atoms with Crippen LogP contribution in [-0.2, 0) is 28.6 Å². The van der Waals surface area contributed by atoms with Gasteiger partial charge in [0.1, 0.15) is 13.2 Å². The van der Waals surface area contributed by atoms with Gasteiger partial charge in [-0.2, -0.15) is 0 Å². The van der Waals surface area contributed by atoms with Gasteiger partial charge in [-0.15, -0.1) is 0 Å². The van der Waals surface area contributed by atoms with Crippen LogP contribution in [0.1, 0.15) is 342 Å². The standard InChI is InChI=1S/C75H130O6/c1-4-7-10-13-16-19-22-25-28-31-34-36-37-39-41-44-47-50-53-56-59-62-65-68-74(77)80-71-72(70-79-73(76)67-64-61-58-55-52-49-46-43-40-33-30-27-24-21-18-15-12-9-6-3)81-75(78)69-66-63-60-57-54-51-48-45-42-38-35-32-29-26-23-20-17-14-11-8-5-2/h8,11,17-18,20-21,26-27,29-31,34-35,38,40,43,72H,4-7,9-10,12-16,19,22-25,28,32-33,36-37,39,41-42,44-71H2,1-3H3/b11-8-,20-17-,21-18-,29-26-,30-27-,34-31-,38-35-,43-40-. The lowest BCUT2D eigenvalue weighted by molar-refractivity contribution is -0.167. The van der Waals surface area contributed by atoms with E-state index in [4.69, 9.17) is 14.2 Å². The Morgan fingerprint density at radius 1 is 0.259 bits per heavy atom. The third kappa shape index (κ3) is 67.0. The van der Waals surface area contributed by atoms with E-state index in [0.29, 0.717) is 19.3 Å². The number of hydrogen-bond acceptors (Lipinski definition) is 6. The quantitative estimate of drug-likeness (QED) is 0.0261. The first-order valence-electron chi connectivity index (χ1n) is 34.7. The molecular weight excluding hydrogens is 997 g/mol. The van der Waals surface area contributed by atoms with Crippen LogP contribution < -0.4 is 0 Å². The Morgan fingerprint density at radius 3 is 0.790 bits per heavy atom. The van der Waals surface area contributed by atoms with Gasteiger partial charge in [-0.1, -0.05) is 298 Å². The van der Waals surface area contributed by atoms with E-state index in [0.717, 1.165) is 109 Å². The average Bonchev–Trinajstić information content (AvgIpc) is 3.47. The highest BCUT2D eigenvalue weighted by atomic mass is 16.6. The van der Waals surface area contributed by atoms with Gasteiger partial charge in [0.15, 0.2) is 6.10 Å². The van der Waals surface area contributed by atoms with E-state index in [-0.39, 0.29) is 31.1 Å². The van der Waals surface area contributed by atoms with Crippen LogP contribution in [-0.4, -0.2) is 37.2 Å². The summed E-state index contributed by atoms with van der Waals surface area (Å²) in [6.07, 6.45) is 92.7. The second-order valence-corrected chi connectivity index (χ2v) is 23.1. The van der Waals surface area contributed by atoms with Gasteiger partial charge in [0.25, 0.3) is 0 Å². The molecule has 0 aliphatic carbocycles. The van der Waals surface area contributed by atoms with Gasteiger partial charge in [-0.3, -0.25) is 14.4 Å². The zero-order valence-electron chi connectivity index (χ0n) is 53.5. The molecule has 0 saturated carbocycles. The van der Waals surface area contributed by atoms with Crippen molar-refractivity contribution >= 4 is 17.9 Å². The monoisotopic (exact) mass is 1130 g/mol. The molecule has 0 amide bonds. The van der Waals surface area contributed by atoms with E-state index in [1.165, 1.54) is 193 Å². The third-order valence-electron chi connectivity index (χ3n) is 15.0. The van der Waals surface area contributed by atoms with E-state index >= 15 is 0 Å². The first-order chi connectivity index (χ1) is 40.0. The summed E-state index contributed by atoms with van der Waals surface area (Å²) in [4.78, 5) is 38.5. The van der Waals surface area contributed by atoms with Crippen LogP contribution in [0, 0.1) is 0 Å². The third-order valence-corrected chi connectivity index (χ3v) is 15.0. The maximum Gasteiger partial charge on any atom is 0.306 e. The second-order valence-electron chi connectivity index (χ2n) is 23.1. The number of unbranched alkanes of at least 4 members (excludes halogenated alkanes) is 36. The molecule has 0 spiro atoms. The zero-order chi connectivity index (χ0) is 58.5. The van der Waals surface area contributed by atoms with Gasteiger partial charge in [0, 0.05) is 19.3 Å². The molecule has 0 aromatic carbocycles. The summed E-state index contributed by atoms with van der Waals surface area (Å²) in [6.45, 7) is 6.52. The van der Waals surface area contributed by atoms with Gasteiger partial charge in [-0.05, 0) is 122 Å². The van der Waals surface area contributed by atoms with E-state index < -0.39 is 6.10 Å². The Kier molecular flexibility index (Phi) is 65.7.